The van der Waals surface area contributed by atoms with Gasteiger partial charge in [0.2, 0.25) is 0 Å². The van der Waals surface area contributed by atoms with Gasteiger partial charge in [0.15, 0.2) is 12.2 Å². The molecule has 0 aromatic heterocycles. The highest BCUT2D eigenvalue weighted by molar-refractivity contribution is 5.90. The second kappa shape index (κ2) is 11.6. The first-order valence-electron chi connectivity index (χ1n) is 11.5. The molecule has 1 fully saturated rings. The van der Waals surface area contributed by atoms with Crippen molar-refractivity contribution in [1.82, 2.24) is 0 Å². The highest BCUT2D eigenvalue weighted by Crippen LogP contribution is 2.28. The average molecular weight is 491 g/mol. The summed E-state index contributed by atoms with van der Waals surface area (Å²) in [6, 6.07) is 24.9. The fraction of sp³-hybridized carbons (Fsp3) is 0.250. The molecule has 3 aromatic carbocycles. The van der Waals surface area contributed by atoms with Gasteiger partial charge in [-0.05, 0) is 43.3 Å². The van der Waals surface area contributed by atoms with E-state index in [0.29, 0.717) is 5.56 Å². The summed E-state index contributed by atoms with van der Waals surface area (Å²) in [5.41, 5.74) is 0.870. The van der Waals surface area contributed by atoms with E-state index in [2.05, 4.69) is 0 Å². The number of hydrogen-bond acceptors (Lipinski definition) is 8. The minimum Gasteiger partial charge on any atom is -0.459 e. The lowest BCUT2D eigenvalue weighted by Crippen LogP contribution is -2.60. The highest BCUT2D eigenvalue weighted by Gasteiger charge is 2.49. The largest absolute Gasteiger partial charge is 0.459 e. The molecule has 0 bridgehead atoms. The Morgan fingerprint density at radius 3 is 1.58 bits per heavy atom. The van der Waals surface area contributed by atoms with Crippen molar-refractivity contribution in [1.29, 1.82) is 0 Å². The van der Waals surface area contributed by atoms with Gasteiger partial charge in [0, 0.05) is 0 Å². The zero-order chi connectivity index (χ0) is 25.5. The van der Waals surface area contributed by atoms with E-state index in [1.807, 2.05) is 0 Å². The average Bonchev–Trinajstić information content (AvgIpc) is 2.92. The monoisotopic (exact) mass is 490 g/mol. The second-order valence-corrected chi connectivity index (χ2v) is 8.31. The second-order valence-electron chi connectivity index (χ2n) is 8.31. The molecule has 1 heterocycles. The number of aliphatic hydroxyl groups is 1. The van der Waals surface area contributed by atoms with Gasteiger partial charge in [-0.25, -0.2) is 14.4 Å². The normalized spacial score (nSPS) is 23.3. The van der Waals surface area contributed by atoms with Gasteiger partial charge in [-0.1, -0.05) is 54.6 Å². The molecule has 1 saturated heterocycles. The Morgan fingerprint density at radius 1 is 0.694 bits per heavy atom. The third kappa shape index (κ3) is 5.97. The Balaban J connectivity index is 1.57. The lowest BCUT2D eigenvalue weighted by Gasteiger charge is -2.42. The van der Waals surface area contributed by atoms with Crippen molar-refractivity contribution in [2.45, 2.75) is 37.4 Å². The Bertz CT molecular complexity index is 1170. The third-order valence-corrected chi connectivity index (χ3v) is 5.79. The van der Waals surface area contributed by atoms with E-state index in [-0.39, 0.29) is 17.7 Å². The first kappa shape index (κ1) is 25.1. The number of benzene rings is 3. The molecule has 8 heteroatoms. The number of carbonyl (C=O) groups is 3. The van der Waals surface area contributed by atoms with E-state index in [9.17, 15) is 19.5 Å². The minimum absolute atomic E-state index is 0.263. The predicted octanol–water partition coefficient (Wildman–Crippen LogP) is 3.44. The van der Waals surface area contributed by atoms with E-state index in [1.165, 1.54) is 0 Å². The van der Waals surface area contributed by atoms with Gasteiger partial charge in [0.1, 0.15) is 18.8 Å². The molecule has 36 heavy (non-hydrogen) atoms. The molecule has 0 radical (unpaired) electrons. The van der Waals surface area contributed by atoms with Crippen LogP contribution in [-0.2, 0) is 18.9 Å². The summed E-state index contributed by atoms with van der Waals surface area (Å²) in [5.74, 6) is -2.00. The van der Waals surface area contributed by atoms with E-state index in [0.717, 1.165) is 0 Å². The van der Waals surface area contributed by atoms with Gasteiger partial charge in [-0.2, -0.15) is 0 Å². The van der Waals surface area contributed by atoms with E-state index in [4.69, 9.17) is 18.9 Å². The topological polar surface area (TPSA) is 108 Å². The standard InChI is InChI=1S/C28H26O8/c1-18-23(29)25(36-28(32)21-15-9-4-10-16-21)24(35-27(31)20-13-7-3-8-14-20)22(34-18)17-33-26(30)19-11-5-2-6-12-19/h2-16,18,22-25,29H,17H2,1H3/t18-,22?,23?,24-,25+/m0/s1. The molecule has 3 aromatic rings. The number of aliphatic hydroxyl groups excluding tert-OH is 1. The number of hydrogen-bond donors (Lipinski definition) is 1. The number of rotatable bonds is 7. The van der Waals surface area contributed by atoms with Gasteiger partial charge in [-0.15, -0.1) is 0 Å². The molecular weight excluding hydrogens is 464 g/mol. The minimum atomic E-state index is -1.30. The lowest BCUT2D eigenvalue weighted by molar-refractivity contribution is -0.224. The summed E-state index contributed by atoms with van der Waals surface area (Å²) in [7, 11) is 0. The molecule has 0 aliphatic carbocycles. The number of ether oxygens (including phenoxy) is 4. The fourth-order valence-electron chi connectivity index (χ4n) is 3.87. The maximum Gasteiger partial charge on any atom is 0.338 e. The SMILES string of the molecule is C[C@@H]1OC(COC(=O)c2ccccc2)[C@H](OC(=O)c2ccccc2)[C@H](OC(=O)c2ccccc2)C1O. The molecule has 0 saturated carbocycles. The highest BCUT2D eigenvalue weighted by atomic mass is 16.6. The Hall–Kier alpha value is -4.01. The number of esters is 3. The van der Waals surface area contributed by atoms with Crippen molar-refractivity contribution in [2.24, 2.45) is 0 Å². The maximum absolute atomic E-state index is 12.9. The van der Waals surface area contributed by atoms with Crippen LogP contribution in [0.1, 0.15) is 38.0 Å². The molecule has 1 aliphatic heterocycles. The first-order valence-corrected chi connectivity index (χ1v) is 11.5. The van der Waals surface area contributed by atoms with E-state index < -0.39 is 48.4 Å². The van der Waals surface area contributed by atoms with Crippen molar-refractivity contribution in [3.8, 4) is 0 Å². The van der Waals surface area contributed by atoms with E-state index >= 15 is 0 Å². The quantitative estimate of drug-likeness (QED) is 0.396. The Morgan fingerprint density at radius 2 is 1.11 bits per heavy atom. The van der Waals surface area contributed by atoms with Crippen LogP contribution >= 0.6 is 0 Å². The maximum atomic E-state index is 12.9. The van der Waals surface area contributed by atoms with Crippen LogP contribution in [0, 0.1) is 0 Å². The molecule has 1 N–H and O–H groups in total. The molecule has 0 spiro atoms. The summed E-state index contributed by atoms with van der Waals surface area (Å²) < 4.78 is 22.6. The molecule has 1 aliphatic rings. The Kier molecular flexibility index (Phi) is 8.10. The molecule has 8 nitrogen and oxygen atoms in total. The fourth-order valence-corrected chi connectivity index (χ4v) is 3.87. The van der Waals surface area contributed by atoms with Gasteiger partial charge < -0.3 is 24.1 Å². The summed E-state index contributed by atoms with van der Waals surface area (Å²) in [4.78, 5) is 38.2. The molecule has 4 rings (SSSR count). The van der Waals surface area contributed by atoms with Crippen molar-refractivity contribution >= 4 is 17.9 Å². The molecule has 0 amide bonds. The summed E-state index contributed by atoms with van der Waals surface area (Å²) in [5, 5.41) is 10.9. The Labute approximate surface area is 208 Å². The van der Waals surface area contributed by atoms with Crippen molar-refractivity contribution in [2.75, 3.05) is 6.61 Å². The van der Waals surface area contributed by atoms with Crippen LogP contribution in [0.3, 0.4) is 0 Å². The van der Waals surface area contributed by atoms with Crippen LogP contribution in [0.5, 0.6) is 0 Å². The van der Waals surface area contributed by atoms with Crippen LogP contribution in [-0.4, -0.2) is 60.1 Å². The lowest BCUT2D eigenvalue weighted by atomic mass is 9.95. The van der Waals surface area contributed by atoms with Crippen LogP contribution in [0.15, 0.2) is 91.0 Å². The van der Waals surface area contributed by atoms with Crippen LogP contribution in [0.2, 0.25) is 0 Å². The van der Waals surface area contributed by atoms with Crippen molar-refractivity contribution in [3.05, 3.63) is 108 Å². The van der Waals surface area contributed by atoms with E-state index in [1.54, 1.807) is 97.9 Å². The molecule has 186 valence electrons. The predicted molar refractivity (Wildman–Crippen MR) is 128 cm³/mol. The number of carbonyl (C=O) groups excluding carboxylic acids is 3. The molecular formula is C28H26O8. The summed E-state index contributed by atoms with van der Waals surface area (Å²) in [6.07, 6.45) is -5.62. The van der Waals surface area contributed by atoms with Crippen molar-refractivity contribution in [3.63, 3.8) is 0 Å². The van der Waals surface area contributed by atoms with Gasteiger partial charge >= 0.3 is 17.9 Å². The first-order chi connectivity index (χ1) is 17.4. The van der Waals surface area contributed by atoms with Crippen LogP contribution in [0.25, 0.3) is 0 Å². The zero-order valence-corrected chi connectivity index (χ0v) is 19.6. The molecule has 2 unspecified atom stereocenters. The van der Waals surface area contributed by atoms with Gasteiger partial charge in [0.25, 0.3) is 0 Å². The van der Waals surface area contributed by atoms with Crippen LogP contribution in [0.4, 0.5) is 0 Å². The summed E-state index contributed by atoms with van der Waals surface area (Å²) >= 11 is 0. The van der Waals surface area contributed by atoms with Gasteiger partial charge in [0.05, 0.1) is 22.8 Å². The smallest absolute Gasteiger partial charge is 0.338 e. The third-order valence-electron chi connectivity index (χ3n) is 5.79. The zero-order valence-electron chi connectivity index (χ0n) is 19.6. The van der Waals surface area contributed by atoms with Gasteiger partial charge in [-0.3, -0.25) is 0 Å². The van der Waals surface area contributed by atoms with Crippen LogP contribution < -0.4 is 0 Å². The van der Waals surface area contributed by atoms with Crippen molar-refractivity contribution < 1.29 is 38.4 Å². The summed E-state index contributed by atoms with van der Waals surface area (Å²) in [6.45, 7) is 1.30. The molecule has 5 atom stereocenters.